The first kappa shape index (κ1) is 26.2. The minimum absolute atomic E-state index is 0.233. The highest BCUT2D eigenvalue weighted by molar-refractivity contribution is 5.90. The quantitative estimate of drug-likeness (QED) is 0.247. The second-order valence-corrected chi connectivity index (χ2v) is 6.08. The van der Waals surface area contributed by atoms with Gasteiger partial charge in [-0.2, -0.15) is 0 Å². The molecule has 4 N–H and O–H groups in total. The average Bonchev–Trinajstić information content (AvgIpc) is 2.75. The molecule has 6 nitrogen and oxygen atoms in total. The number of nitrogens with one attached hydrogen (secondary N) is 2. The lowest BCUT2D eigenvalue weighted by atomic mass is 10.1. The van der Waals surface area contributed by atoms with Gasteiger partial charge >= 0.3 is 0 Å². The molecule has 0 aliphatic carbocycles. The summed E-state index contributed by atoms with van der Waals surface area (Å²) in [5.41, 5.74) is 5.58. The van der Waals surface area contributed by atoms with E-state index in [1.807, 2.05) is 25.1 Å². The Kier molecular flexibility index (Phi) is 15.6. The Morgan fingerprint density at radius 1 is 1.21 bits per heavy atom. The first-order valence-corrected chi connectivity index (χ1v) is 9.51. The number of hydrogen-bond donors (Lipinski definition) is 4. The lowest BCUT2D eigenvalue weighted by Gasteiger charge is -2.00. The molecule has 0 aliphatic rings. The molecule has 2 aromatic rings. The minimum atomic E-state index is -0.566. The molecule has 0 aliphatic heterocycles. The molecule has 0 saturated heterocycles. The molecular formula is C23H33N3O3. The second-order valence-electron chi connectivity index (χ2n) is 6.08. The van der Waals surface area contributed by atoms with Crippen LogP contribution >= 0.6 is 0 Å². The third kappa shape index (κ3) is 13.1. The van der Waals surface area contributed by atoms with E-state index >= 15 is 0 Å². The fraction of sp³-hybridized carbons (Fsp3) is 0.304. The van der Waals surface area contributed by atoms with E-state index < -0.39 is 5.91 Å². The van der Waals surface area contributed by atoms with Gasteiger partial charge in [0.15, 0.2) is 0 Å². The van der Waals surface area contributed by atoms with Gasteiger partial charge in [0.05, 0.1) is 12.3 Å². The number of carbonyl (C=O) groups is 1. The van der Waals surface area contributed by atoms with Gasteiger partial charge in [0.2, 0.25) is 0 Å². The lowest BCUT2D eigenvalue weighted by Crippen LogP contribution is -2.14. The maximum Gasteiger partial charge on any atom is 0.267 e. The summed E-state index contributed by atoms with van der Waals surface area (Å²) in [6.45, 7) is 8.51. The van der Waals surface area contributed by atoms with Crippen molar-refractivity contribution in [2.24, 2.45) is 4.99 Å². The fourth-order valence-corrected chi connectivity index (χ4v) is 2.15. The van der Waals surface area contributed by atoms with E-state index in [-0.39, 0.29) is 6.61 Å². The number of carbonyl (C=O) groups excluding carboxylic acids is 1. The number of amides is 1. The Morgan fingerprint density at radius 3 is 2.38 bits per heavy atom. The molecule has 6 heteroatoms. The highest BCUT2D eigenvalue weighted by atomic mass is 16.5. The molecule has 1 amide bonds. The lowest BCUT2D eigenvalue weighted by molar-refractivity contribution is -0.124. The van der Waals surface area contributed by atoms with Gasteiger partial charge in [-0.3, -0.25) is 15.0 Å². The van der Waals surface area contributed by atoms with E-state index in [1.54, 1.807) is 13.1 Å². The zero-order valence-electron chi connectivity index (χ0n) is 17.6. The number of aliphatic hydroxyl groups is 1. The molecule has 0 heterocycles. The molecule has 0 aromatic heterocycles. The topological polar surface area (TPSA) is 94.0 Å². The Bertz CT molecular complexity index is 729. The van der Waals surface area contributed by atoms with E-state index in [1.165, 1.54) is 30.0 Å². The number of aliphatic imine (C=N–C) groups is 1. The molecular weight excluding hydrogens is 366 g/mol. The van der Waals surface area contributed by atoms with Crippen molar-refractivity contribution in [1.29, 1.82) is 0 Å². The molecule has 0 fully saturated rings. The molecule has 0 spiro atoms. The van der Waals surface area contributed by atoms with Crippen LogP contribution in [0.25, 0.3) is 6.08 Å². The summed E-state index contributed by atoms with van der Waals surface area (Å²) in [6, 6.07) is 16.1. The van der Waals surface area contributed by atoms with Crippen LogP contribution in [0.15, 0.2) is 59.6 Å². The number of likely N-dealkylation sites (N-methyl/N-ethyl adjacent to an activating group) is 1. The normalized spacial score (nSPS) is 9.69. The molecule has 29 heavy (non-hydrogen) atoms. The Balaban J connectivity index is 0.000000473. The van der Waals surface area contributed by atoms with E-state index in [0.29, 0.717) is 6.54 Å². The highest BCUT2D eigenvalue weighted by Crippen LogP contribution is 2.20. The summed E-state index contributed by atoms with van der Waals surface area (Å²) in [6.07, 6.45) is 5.27. The third-order valence-corrected chi connectivity index (χ3v) is 3.68. The zero-order chi connectivity index (χ0) is 21.9. The molecule has 2 rings (SSSR count). The number of rotatable bonds is 7. The number of aliphatic hydroxyl groups excluding tert-OH is 1. The first-order valence-electron chi connectivity index (χ1n) is 9.51. The predicted molar refractivity (Wildman–Crippen MR) is 121 cm³/mol. The molecule has 0 atom stereocenters. The summed E-state index contributed by atoms with van der Waals surface area (Å²) in [5.74, 6) is -0.566. The van der Waals surface area contributed by atoms with Crippen LogP contribution in [-0.2, 0) is 11.2 Å². The van der Waals surface area contributed by atoms with Gasteiger partial charge in [-0.25, -0.2) is 5.48 Å². The van der Waals surface area contributed by atoms with Crippen LogP contribution in [0, 0.1) is 6.92 Å². The van der Waals surface area contributed by atoms with Gasteiger partial charge in [0.1, 0.15) is 0 Å². The molecule has 0 unspecified atom stereocenters. The van der Waals surface area contributed by atoms with Crippen LogP contribution in [0.2, 0.25) is 0 Å². The number of nitrogens with zero attached hydrogens (tertiary/aromatic N) is 1. The number of hydrogen-bond acceptors (Lipinski definition) is 5. The predicted octanol–water partition coefficient (Wildman–Crippen LogP) is 3.68. The average molecular weight is 400 g/mol. The van der Waals surface area contributed by atoms with Crippen molar-refractivity contribution < 1.29 is 15.1 Å². The molecule has 158 valence electrons. The van der Waals surface area contributed by atoms with Gasteiger partial charge in [-0.1, -0.05) is 55.8 Å². The third-order valence-electron chi connectivity index (χ3n) is 3.68. The highest BCUT2D eigenvalue weighted by Gasteiger charge is 1.96. The van der Waals surface area contributed by atoms with Crippen LogP contribution in [0.4, 0.5) is 5.69 Å². The van der Waals surface area contributed by atoms with Crippen LogP contribution < -0.4 is 10.8 Å². The monoisotopic (exact) mass is 399 g/mol. The summed E-state index contributed by atoms with van der Waals surface area (Å²) in [5, 5.41) is 19.0. The molecule has 0 saturated carbocycles. The summed E-state index contributed by atoms with van der Waals surface area (Å²) in [4.78, 5) is 14.6. The largest absolute Gasteiger partial charge is 0.395 e. The number of hydroxylamine groups is 1. The van der Waals surface area contributed by atoms with Gasteiger partial charge < -0.3 is 10.4 Å². The molecule has 0 bridgehead atoms. The van der Waals surface area contributed by atoms with E-state index in [4.69, 9.17) is 10.3 Å². The van der Waals surface area contributed by atoms with Crippen LogP contribution in [0.1, 0.15) is 30.0 Å². The van der Waals surface area contributed by atoms with Crippen molar-refractivity contribution in [2.75, 3.05) is 20.2 Å². The summed E-state index contributed by atoms with van der Waals surface area (Å²) >= 11 is 0. The SMILES string of the molecule is C=Nc1cc(/C=C/C(=O)NO)ccc1C.CCCc1ccccc1.CNCCO. The van der Waals surface area contributed by atoms with Crippen molar-refractivity contribution in [3.8, 4) is 0 Å². The first-order chi connectivity index (χ1) is 14.0. The van der Waals surface area contributed by atoms with E-state index in [2.05, 4.69) is 54.3 Å². The number of aryl methyl sites for hydroxylation is 2. The van der Waals surface area contributed by atoms with Gasteiger partial charge in [0, 0.05) is 12.6 Å². The summed E-state index contributed by atoms with van der Waals surface area (Å²) < 4.78 is 0. The second kappa shape index (κ2) is 17.3. The van der Waals surface area contributed by atoms with Gasteiger partial charge in [-0.15, -0.1) is 0 Å². The van der Waals surface area contributed by atoms with Crippen molar-refractivity contribution in [3.05, 3.63) is 71.3 Å². The standard InChI is InChI=1S/C11H12N2O2.C9H12.C3H9NO/c1-8-3-4-9(7-10(8)12-2)5-6-11(14)13-15;1-2-6-9-7-4-3-5-8-9;1-4-2-3-5/h3-7,15H,2H2,1H3,(H,13,14);3-5,7-8H,2,6H2,1H3;4-5H,2-3H2,1H3/b6-5+;;. The van der Waals surface area contributed by atoms with Crippen molar-refractivity contribution >= 4 is 24.4 Å². The van der Waals surface area contributed by atoms with Crippen molar-refractivity contribution in [2.45, 2.75) is 26.7 Å². The van der Waals surface area contributed by atoms with Crippen molar-refractivity contribution in [3.63, 3.8) is 0 Å². The minimum Gasteiger partial charge on any atom is -0.395 e. The Hall–Kier alpha value is -2.80. The van der Waals surface area contributed by atoms with Crippen LogP contribution in [-0.4, -0.2) is 43.1 Å². The van der Waals surface area contributed by atoms with Crippen LogP contribution in [0.5, 0.6) is 0 Å². The summed E-state index contributed by atoms with van der Waals surface area (Å²) in [7, 11) is 1.80. The van der Waals surface area contributed by atoms with Gasteiger partial charge in [-0.05, 0) is 55.9 Å². The fourth-order valence-electron chi connectivity index (χ4n) is 2.15. The Morgan fingerprint density at radius 2 is 1.90 bits per heavy atom. The van der Waals surface area contributed by atoms with E-state index in [0.717, 1.165) is 16.8 Å². The van der Waals surface area contributed by atoms with Crippen LogP contribution in [0.3, 0.4) is 0 Å². The Labute approximate surface area is 174 Å². The molecule has 0 radical (unpaired) electrons. The van der Waals surface area contributed by atoms with Gasteiger partial charge in [0.25, 0.3) is 5.91 Å². The van der Waals surface area contributed by atoms with Crippen molar-refractivity contribution in [1.82, 2.24) is 10.8 Å². The molecule has 2 aromatic carbocycles. The maximum absolute atomic E-state index is 10.7. The van der Waals surface area contributed by atoms with E-state index in [9.17, 15) is 4.79 Å². The smallest absolute Gasteiger partial charge is 0.267 e. The maximum atomic E-state index is 10.7. The zero-order valence-corrected chi connectivity index (χ0v) is 17.6. The number of benzene rings is 2.